The Bertz CT molecular complexity index is 472. The van der Waals surface area contributed by atoms with E-state index in [1.54, 1.807) is 7.11 Å². The first-order valence-electron chi connectivity index (χ1n) is 6.62. The molecular formula is C15H22N2O. The molecule has 3 nitrogen and oxygen atoms in total. The molecule has 3 heteroatoms. The van der Waals surface area contributed by atoms with Gasteiger partial charge in [-0.1, -0.05) is 25.5 Å². The first kappa shape index (κ1) is 13.1. The molecule has 1 unspecified atom stereocenters. The van der Waals surface area contributed by atoms with E-state index in [1.165, 1.54) is 22.9 Å². The lowest BCUT2D eigenvalue weighted by molar-refractivity contribution is 0.161. The summed E-state index contributed by atoms with van der Waals surface area (Å²) < 4.78 is 5.23. The smallest absolute Gasteiger partial charge is 0.0615 e. The Kier molecular flexibility index (Phi) is 4.79. The molecule has 18 heavy (non-hydrogen) atoms. The molecule has 1 aromatic carbocycles. The van der Waals surface area contributed by atoms with Gasteiger partial charge in [-0.05, 0) is 29.5 Å². The summed E-state index contributed by atoms with van der Waals surface area (Å²) in [5.41, 5.74) is 2.51. The Morgan fingerprint density at radius 2 is 2.22 bits per heavy atom. The van der Waals surface area contributed by atoms with Crippen molar-refractivity contribution in [1.82, 2.24) is 10.3 Å². The van der Waals surface area contributed by atoms with E-state index in [1.807, 2.05) is 6.20 Å². The van der Waals surface area contributed by atoms with Gasteiger partial charge in [0.1, 0.15) is 0 Å². The van der Waals surface area contributed by atoms with Gasteiger partial charge in [-0.15, -0.1) is 0 Å². The number of H-pyrrole nitrogens is 1. The first-order chi connectivity index (χ1) is 8.83. The van der Waals surface area contributed by atoms with E-state index >= 15 is 0 Å². The van der Waals surface area contributed by atoms with Gasteiger partial charge in [0.15, 0.2) is 0 Å². The largest absolute Gasteiger partial charge is 0.383 e. The van der Waals surface area contributed by atoms with Crippen molar-refractivity contribution < 1.29 is 4.74 Å². The van der Waals surface area contributed by atoms with Gasteiger partial charge in [-0.3, -0.25) is 0 Å². The van der Waals surface area contributed by atoms with E-state index in [0.717, 1.165) is 19.6 Å². The van der Waals surface area contributed by atoms with Crippen molar-refractivity contribution in [2.24, 2.45) is 0 Å². The minimum atomic E-state index is 0.444. The highest BCUT2D eigenvalue weighted by molar-refractivity contribution is 5.79. The van der Waals surface area contributed by atoms with Crippen molar-refractivity contribution >= 4 is 10.9 Å². The predicted octanol–water partition coefficient (Wildman–Crippen LogP) is 3.07. The van der Waals surface area contributed by atoms with E-state index in [-0.39, 0.29) is 0 Å². The van der Waals surface area contributed by atoms with Crippen LogP contribution in [0, 0.1) is 0 Å². The molecule has 0 aliphatic heterocycles. The van der Waals surface area contributed by atoms with Crippen LogP contribution in [-0.2, 0) is 11.3 Å². The number of benzene rings is 1. The van der Waals surface area contributed by atoms with Crippen molar-refractivity contribution in [3.63, 3.8) is 0 Å². The summed E-state index contributed by atoms with van der Waals surface area (Å²) in [5.74, 6) is 0. The zero-order chi connectivity index (χ0) is 12.8. The summed E-state index contributed by atoms with van der Waals surface area (Å²) in [6.45, 7) is 3.87. The molecule has 0 saturated heterocycles. The number of aromatic amines is 1. The molecular weight excluding hydrogens is 224 g/mol. The van der Waals surface area contributed by atoms with Crippen LogP contribution in [0.3, 0.4) is 0 Å². The number of fused-ring (bicyclic) bond motifs is 1. The monoisotopic (exact) mass is 246 g/mol. The van der Waals surface area contributed by atoms with Crippen molar-refractivity contribution in [1.29, 1.82) is 0 Å². The number of ether oxygens (including phenoxy) is 1. The number of methoxy groups -OCH3 is 1. The Morgan fingerprint density at radius 1 is 1.33 bits per heavy atom. The highest BCUT2D eigenvalue weighted by atomic mass is 16.5. The van der Waals surface area contributed by atoms with Gasteiger partial charge in [0.2, 0.25) is 0 Å². The topological polar surface area (TPSA) is 37.0 Å². The lowest BCUT2D eigenvalue weighted by Crippen LogP contribution is -2.32. The number of rotatable bonds is 7. The standard InChI is InChI=1S/C15H22N2O/c1-3-4-14(11-18-2)17-10-12-5-6-13-7-8-16-15(13)9-12/h5-9,14,16-17H,3-4,10-11H2,1-2H3. The van der Waals surface area contributed by atoms with Crippen LogP contribution in [0.5, 0.6) is 0 Å². The molecule has 98 valence electrons. The number of nitrogens with one attached hydrogen (secondary N) is 2. The van der Waals surface area contributed by atoms with Crippen molar-refractivity contribution in [2.75, 3.05) is 13.7 Å². The van der Waals surface area contributed by atoms with Crippen LogP contribution in [0.15, 0.2) is 30.5 Å². The van der Waals surface area contributed by atoms with Crippen molar-refractivity contribution in [3.8, 4) is 0 Å². The summed E-state index contributed by atoms with van der Waals surface area (Å²) in [6.07, 6.45) is 4.31. The first-order valence-corrected chi connectivity index (χ1v) is 6.62. The molecule has 0 fully saturated rings. The maximum atomic E-state index is 5.23. The third-order valence-electron chi connectivity index (χ3n) is 3.22. The predicted molar refractivity (Wildman–Crippen MR) is 75.7 cm³/mol. The Balaban J connectivity index is 1.95. The maximum Gasteiger partial charge on any atom is 0.0615 e. The highest BCUT2D eigenvalue weighted by Gasteiger charge is 2.06. The van der Waals surface area contributed by atoms with Gasteiger partial charge in [0.05, 0.1) is 6.61 Å². The van der Waals surface area contributed by atoms with Crippen LogP contribution in [0.25, 0.3) is 10.9 Å². The second kappa shape index (κ2) is 6.57. The van der Waals surface area contributed by atoms with Crippen LogP contribution in [0.4, 0.5) is 0 Å². The molecule has 2 N–H and O–H groups in total. The van der Waals surface area contributed by atoms with E-state index in [0.29, 0.717) is 6.04 Å². The molecule has 0 aliphatic rings. The summed E-state index contributed by atoms with van der Waals surface area (Å²) in [5, 5.41) is 4.82. The van der Waals surface area contributed by atoms with Crippen molar-refractivity contribution in [2.45, 2.75) is 32.4 Å². The van der Waals surface area contributed by atoms with Crippen LogP contribution >= 0.6 is 0 Å². The average molecular weight is 246 g/mol. The molecule has 0 radical (unpaired) electrons. The normalized spacial score (nSPS) is 13.0. The molecule has 2 rings (SSSR count). The number of hydrogen-bond acceptors (Lipinski definition) is 2. The summed E-state index contributed by atoms with van der Waals surface area (Å²) in [4.78, 5) is 3.25. The fourth-order valence-corrected chi connectivity index (χ4v) is 2.26. The number of hydrogen-bond donors (Lipinski definition) is 2. The lowest BCUT2D eigenvalue weighted by Gasteiger charge is -2.17. The van der Waals surface area contributed by atoms with Gasteiger partial charge in [0.25, 0.3) is 0 Å². The second-order valence-electron chi connectivity index (χ2n) is 4.72. The van der Waals surface area contributed by atoms with Gasteiger partial charge in [-0.25, -0.2) is 0 Å². The zero-order valence-corrected chi connectivity index (χ0v) is 11.2. The maximum absolute atomic E-state index is 5.23. The van der Waals surface area contributed by atoms with Gasteiger partial charge < -0.3 is 15.0 Å². The van der Waals surface area contributed by atoms with E-state index in [9.17, 15) is 0 Å². The summed E-state index contributed by atoms with van der Waals surface area (Å²) >= 11 is 0. The molecule has 0 bridgehead atoms. The zero-order valence-electron chi connectivity index (χ0n) is 11.2. The third kappa shape index (κ3) is 3.34. The fourth-order valence-electron chi connectivity index (χ4n) is 2.26. The van der Waals surface area contributed by atoms with E-state index in [4.69, 9.17) is 4.74 Å². The molecule has 0 spiro atoms. The quantitative estimate of drug-likeness (QED) is 0.787. The van der Waals surface area contributed by atoms with Gasteiger partial charge >= 0.3 is 0 Å². The molecule has 2 aromatic rings. The fraction of sp³-hybridized carbons (Fsp3) is 0.467. The molecule has 1 aromatic heterocycles. The van der Waals surface area contributed by atoms with Crippen LogP contribution < -0.4 is 5.32 Å². The van der Waals surface area contributed by atoms with Crippen LogP contribution in [0.2, 0.25) is 0 Å². The summed E-state index contributed by atoms with van der Waals surface area (Å²) in [6, 6.07) is 9.09. The molecule has 1 heterocycles. The Labute approximate surface area is 109 Å². The molecule has 0 amide bonds. The van der Waals surface area contributed by atoms with Crippen LogP contribution in [-0.4, -0.2) is 24.7 Å². The molecule has 0 aliphatic carbocycles. The third-order valence-corrected chi connectivity index (χ3v) is 3.22. The minimum Gasteiger partial charge on any atom is -0.383 e. The number of aromatic nitrogens is 1. The van der Waals surface area contributed by atoms with Crippen LogP contribution in [0.1, 0.15) is 25.3 Å². The van der Waals surface area contributed by atoms with E-state index in [2.05, 4.69) is 41.5 Å². The van der Waals surface area contributed by atoms with Gasteiger partial charge in [-0.2, -0.15) is 0 Å². The molecule has 1 atom stereocenters. The average Bonchev–Trinajstić information content (AvgIpc) is 2.84. The lowest BCUT2D eigenvalue weighted by atomic mass is 10.1. The van der Waals surface area contributed by atoms with E-state index < -0.39 is 0 Å². The minimum absolute atomic E-state index is 0.444. The molecule has 0 saturated carbocycles. The SMILES string of the molecule is CCCC(COC)NCc1ccc2cc[nH]c2c1. The summed E-state index contributed by atoms with van der Waals surface area (Å²) in [7, 11) is 1.76. The van der Waals surface area contributed by atoms with Crippen molar-refractivity contribution in [3.05, 3.63) is 36.0 Å². The second-order valence-corrected chi connectivity index (χ2v) is 4.72. The Hall–Kier alpha value is -1.32. The Morgan fingerprint density at radius 3 is 3.00 bits per heavy atom. The van der Waals surface area contributed by atoms with Gasteiger partial charge in [0, 0.05) is 31.4 Å². The highest BCUT2D eigenvalue weighted by Crippen LogP contribution is 2.14.